The number of esters is 1. The third-order valence-electron chi connectivity index (χ3n) is 3.14. The molecule has 0 unspecified atom stereocenters. The van der Waals surface area contributed by atoms with Gasteiger partial charge >= 0.3 is 5.97 Å². The lowest BCUT2D eigenvalue weighted by Gasteiger charge is -2.25. The Hall–Kier alpha value is -2.10. The molecule has 2 N–H and O–H groups in total. The van der Waals surface area contributed by atoms with Crippen molar-refractivity contribution in [3.05, 3.63) is 0 Å². The van der Waals surface area contributed by atoms with Crippen LogP contribution in [0.1, 0.15) is 40.5 Å². The van der Waals surface area contributed by atoms with Crippen LogP contribution in [0.5, 0.6) is 0 Å². The summed E-state index contributed by atoms with van der Waals surface area (Å²) in [5.41, 5.74) is 0. The molecule has 0 aliphatic heterocycles. The maximum atomic E-state index is 12.3. The second-order valence-corrected chi connectivity index (χ2v) is 5.73. The quantitative estimate of drug-likeness (QED) is 0.643. The highest BCUT2D eigenvalue weighted by atomic mass is 16.5. The van der Waals surface area contributed by atoms with Gasteiger partial charge in [-0.3, -0.25) is 9.59 Å². The van der Waals surface area contributed by atoms with Crippen LogP contribution in [0.4, 0.5) is 0 Å². The number of amides is 2. The van der Waals surface area contributed by atoms with Crippen LogP contribution >= 0.6 is 0 Å². The van der Waals surface area contributed by atoms with Crippen molar-refractivity contribution in [3.8, 4) is 6.07 Å². The molecule has 0 aromatic rings. The van der Waals surface area contributed by atoms with Crippen LogP contribution in [0.3, 0.4) is 0 Å². The fraction of sp³-hybridized carbons (Fsp3) is 0.733. The van der Waals surface area contributed by atoms with Crippen molar-refractivity contribution in [1.82, 2.24) is 10.6 Å². The molecule has 0 aromatic heterocycles. The molecule has 22 heavy (non-hydrogen) atoms. The Balaban J connectivity index is 5.05. The molecule has 0 bridgehead atoms. The van der Waals surface area contributed by atoms with E-state index in [0.717, 1.165) is 0 Å². The molecular weight excluding hydrogens is 286 g/mol. The number of methoxy groups -OCH3 is 1. The molecule has 3 atom stereocenters. The van der Waals surface area contributed by atoms with Crippen LogP contribution < -0.4 is 10.6 Å². The summed E-state index contributed by atoms with van der Waals surface area (Å²) in [5.74, 6) is -1.58. The van der Waals surface area contributed by atoms with Gasteiger partial charge in [0.2, 0.25) is 11.8 Å². The van der Waals surface area contributed by atoms with Gasteiger partial charge in [-0.2, -0.15) is 5.26 Å². The Morgan fingerprint density at radius 3 is 2.18 bits per heavy atom. The van der Waals surface area contributed by atoms with Gasteiger partial charge in [0.25, 0.3) is 0 Å². The molecule has 2 amide bonds. The lowest BCUT2D eigenvalue weighted by atomic mass is 9.97. The molecule has 0 aliphatic rings. The van der Waals surface area contributed by atoms with Gasteiger partial charge in [0.05, 0.1) is 13.2 Å². The van der Waals surface area contributed by atoms with E-state index < -0.39 is 29.9 Å². The molecule has 0 fully saturated rings. The summed E-state index contributed by atoms with van der Waals surface area (Å²) in [5, 5.41) is 13.9. The van der Waals surface area contributed by atoms with Gasteiger partial charge in [0, 0.05) is 19.3 Å². The maximum absolute atomic E-state index is 12.3. The normalized spacial score (nSPS) is 14.4. The molecule has 0 radical (unpaired) electrons. The first kappa shape index (κ1) is 19.9. The SMILES string of the molecule is COC(=O)[C@H](NC(=O)[C@H](CC(C)C)NC(C)=O)[C@H](C)CC#N. The first-order valence-corrected chi connectivity index (χ1v) is 7.25. The van der Waals surface area contributed by atoms with E-state index in [2.05, 4.69) is 15.4 Å². The minimum Gasteiger partial charge on any atom is -0.467 e. The Morgan fingerprint density at radius 1 is 1.18 bits per heavy atom. The second-order valence-electron chi connectivity index (χ2n) is 5.73. The Bertz CT molecular complexity index is 443. The predicted octanol–water partition coefficient (Wildman–Crippen LogP) is 0.745. The van der Waals surface area contributed by atoms with Crippen molar-refractivity contribution >= 4 is 17.8 Å². The number of ether oxygens (including phenoxy) is 1. The Labute approximate surface area is 131 Å². The Morgan fingerprint density at radius 2 is 1.77 bits per heavy atom. The van der Waals surface area contributed by atoms with Gasteiger partial charge in [-0.1, -0.05) is 20.8 Å². The topological polar surface area (TPSA) is 108 Å². The van der Waals surface area contributed by atoms with Crippen LogP contribution in [0.15, 0.2) is 0 Å². The summed E-state index contributed by atoms with van der Waals surface area (Å²) in [6.07, 6.45) is 0.557. The maximum Gasteiger partial charge on any atom is 0.328 e. The van der Waals surface area contributed by atoms with Crippen molar-refractivity contribution in [2.75, 3.05) is 7.11 Å². The molecule has 7 nitrogen and oxygen atoms in total. The number of nitrogens with zero attached hydrogens (tertiary/aromatic N) is 1. The average Bonchev–Trinajstić information content (AvgIpc) is 2.42. The van der Waals surface area contributed by atoms with E-state index in [1.165, 1.54) is 14.0 Å². The first-order chi connectivity index (χ1) is 10.2. The Kier molecular flexibility index (Phi) is 8.83. The average molecular weight is 311 g/mol. The van der Waals surface area contributed by atoms with Crippen LogP contribution in [-0.4, -0.2) is 37.0 Å². The number of nitrogens with one attached hydrogen (secondary N) is 2. The number of carbonyl (C=O) groups excluding carboxylic acids is 3. The molecule has 0 aliphatic carbocycles. The lowest BCUT2D eigenvalue weighted by molar-refractivity contribution is -0.146. The predicted molar refractivity (Wildman–Crippen MR) is 80.4 cm³/mol. The number of nitriles is 1. The number of rotatable bonds is 8. The van der Waals surface area contributed by atoms with Crippen LogP contribution in [0, 0.1) is 23.2 Å². The van der Waals surface area contributed by atoms with Gasteiger partial charge in [0.15, 0.2) is 0 Å². The molecule has 0 saturated carbocycles. The molecule has 7 heteroatoms. The van der Waals surface area contributed by atoms with Crippen molar-refractivity contribution in [3.63, 3.8) is 0 Å². The van der Waals surface area contributed by atoms with E-state index >= 15 is 0 Å². The summed E-state index contributed by atoms with van der Waals surface area (Å²) in [7, 11) is 1.22. The third kappa shape index (κ3) is 7.07. The van der Waals surface area contributed by atoms with Gasteiger partial charge < -0.3 is 15.4 Å². The molecule has 0 spiro atoms. The zero-order valence-corrected chi connectivity index (χ0v) is 13.8. The van der Waals surface area contributed by atoms with Gasteiger partial charge in [-0.05, 0) is 12.3 Å². The molecule has 124 valence electrons. The van der Waals surface area contributed by atoms with E-state index in [0.29, 0.717) is 6.42 Å². The largest absolute Gasteiger partial charge is 0.467 e. The fourth-order valence-electron chi connectivity index (χ4n) is 2.02. The zero-order chi connectivity index (χ0) is 17.3. The molecule has 0 rings (SSSR count). The fourth-order valence-corrected chi connectivity index (χ4v) is 2.02. The standard InChI is InChI=1S/C15H25N3O4/c1-9(2)8-12(17-11(4)19)14(20)18-13(15(21)22-5)10(3)6-7-16/h9-10,12-13H,6,8H2,1-5H3,(H,17,19)(H,18,20)/t10-,12+,13-/m1/s1. The number of hydrogen-bond acceptors (Lipinski definition) is 5. The highest BCUT2D eigenvalue weighted by molar-refractivity contribution is 5.90. The second kappa shape index (κ2) is 9.77. The van der Waals surface area contributed by atoms with Crippen LogP contribution in [0.25, 0.3) is 0 Å². The summed E-state index contributed by atoms with van der Waals surface area (Å²) < 4.78 is 4.67. The van der Waals surface area contributed by atoms with Gasteiger partial charge in [0.1, 0.15) is 12.1 Å². The highest BCUT2D eigenvalue weighted by Crippen LogP contribution is 2.11. The lowest BCUT2D eigenvalue weighted by Crippen LogP contribution is -2.53. The summed E-state index contributed by atoms with van der Waals surface area (Å²) in [6, 6.07) is 0.326. The summed E-state index contributed by atoms with van der Waals surface area (Å²) in [4.78, 5) is 35.4. The van der Waals surface area contributed by atoms with Crippen molar-refractivity contribution in [1.29, 1.82) is 5.26 Å². The van der Waals surface area contributed by atoms with Crippen molar-refractivity contribution in [2.45, 2.75) is 52.6 Å². The van der Waals surface area contributed by atoms with E-state index in [4.69, 9.17) is 5.26 Å². The molecule has 0 aromatic carbocycles. The summed E-state index contributed by atoms with van der Waals surface area (Å²) in [6.45, 7) is 6.87. The zero-order valence-electron chi connectivity index (χ0n) is 13.8. The molecule has 0 heterocycles. The minimum atomic E-state index is -0.916. The first-order valence-electron chi connectivity index (χ1n) is 7.25. The monoisotopic (exact) mass is 311 g/mol. The van der Waals surface area contributed by atoms with Crippen molar-refractivity contribution < 1.29 is 19.1 Å². The van der Waals surface area contributed by atoms with E-state index in [-0.39, 0.29) is 18.2 Å². The third-order valence-corrected chi connectivity index (χ3v) is 3.14. The smallest absolute Gasteiger partial charge is 0.328 e. The van der Waals surface area contributed by atoms with Crippen molar-refractivity contribution in [2.24, 2.45) is 11.8 Å². The van der Waals surface area contributed by atoms with Crippen LogP contribution in [-0.2, 0) is 19.1 Å². The number of carbonyl (C=O) groups is 3. The summed E-state index contributed by atoms with van der Waals surface area (Å²) >= 11 is 0. The molecular formula is C15H25N3O4. The van der Waals surface area contributed by atoms with Gasteiger partial charge in [-0.25, -0.2) is 4.79 Å². The van der Waals surface area contributed by atoms with E-state index in [1.807, 2.05) is 19.9 Å². The highest BCUT2D eigenvalue weighted by Gasteiger charge is 2.30. The molecule has 0 saturated heterocycles. The number of hydrogen-bond donors (Lipinski definition) is 2. The van der Waals surface area contributed by atoms with E-state index in [9.17, 15) is 14.4 Å². The van der Waals surface area contributed by atoms with E-state index in [1.54, 1.807) is 6.92 Å². The van der Waals surface area contributed by atoms with Gasteiger partial charge in [-0.15, -0.1) is 0 Å². The minimum absolute atomic E-state index is 0.106. The van der Waals surface area contributed by atoms with Crippen LogP contribution in [0.2, 0.25) is 0 Å².